The lowest BCUT2D eigenvalue weighted by Gasteiger charge is -2.49. The van der Waals surface area contributed by atoms with Gasteiger partial charge in [-0.3, -0.25) is 0 Å². The molecule has 4 heteroatoms. The molecule has 0 N–H and O–H groups in total. The van der Waals surface area contributed by atoms with Gasteiger partial charge in [-0.2, -0.15) is 0 Å². The number of fused-ring (bicyclic) bond motifs is 1. The Labute approximate surface area is 125 Å². The molecular formula is C16H22ClNO2. The van der Waals surface area contributed by atoms with E-state index in [0.717, 1.165) is 17.1 Å². The molecule has 0 aliphatic carbocycles. The number of hydrogen-bond donors (Lipinski definition) is 0. The van der Waals surface area contributed by atoms with E-state index in [0.29, 0.717) is 5.92 Å². The molecule has 0 bridgehead atoms. The Kier molecular flexibility index (Phi) is 4.01. The Hall–Kier alpha value is -1.22. The van der Waals surface area contributed by atoms with Crippen molar-refractivity contribution in [3.8, 4) is 0 Å². The van der Waals surface area contributed by atoms with Gasteiger partial charge in [-0.05, 0) is 56.9 Å². The minimum atomic E-state index is -0.317. The van der Waals surface area contributed by atoms with Gasteiger partial charge in [0.15, 0.2) is 0 Å². The van der Waals surface area contributed by atoms with Gasteiger partial charge in [0.25, 0.3) is 0 Å². The fourth-order valence-electron chi connectivity index (χ4n) is 3.43. The molecule has 2 atom stereocenters. The average Bonchev–Trinajstić information content (AvgIpc) is 2.37. The molecule has 1 aromatic carbocycles. The number of hydrogen-bond acceptors (Lipinski definition) is 3. The highest BCUT2D eigenvalue weighted by molar-refractivity contribution is 6.30. The van der Waals surface area contributed by atoms with Crippen molar-refractivity contribution in [2.45, 2.75) is 51.6 Å². The molecule has 1 aromatic rings. The molecule has 0 unspecified atom stereocenters. The van der Waals surface area contributed by atoms with Gasteiger partial charge >= 0.3 is 5.97 Å². The molecular weight excluding hydrogens is 274 g/mol. The Morgan fingerprint density at radius 1 is 1.50 bits per heavy atom. The third-order valence-electron chi connectivity index (χ3n) is 4.17. The Morgan fingerprint density at radius 3 is 2.75 bits per heavy atom. The number of rotatable bonds is 2. The van der Waals surface area contributed by atoms with Crippen LogP contribution in [0.15, 0.2) is 18.2 Å². The van der Waals surface area contributed by atoms with Gasteiger partial charge in [-0.1, -0.05) is 18.5 Å². The molecule has 0 saturated carbocycles. The highest BCUT2D eigenvalue weighted by Gasteiger charge is 2.41. The molecule has 110 valence electrons. The van der Waals surface area contributed by atoms with Gasteiger partial charge in [0, 0.05) is 16.2 Å². The second-order valence-electron chi connectivity index (χ2n) is 6.19. The predicted molar refractivity (Wildman–Crippen MR) is 82.5 cm³/mol. The number of esters is 1. The van der Waals surface area contributed by atoms with Gasteiger partial charge < -0.3 is 9.64 Å². The van der Waals surface area contributed by atoms with Crippen molar-refractivity contribution in [1.82, 2.24) is 0 Å². The van der Waals surface area contributed by atoms with E-state index < -0.39 is 0 Å². The van der Waals surface area contributed by atoms with Crippen molar-refractivity contribution in [3.05, 3.63) is 28.8 Å². The maximum absolute atomic E-state index is 12.0. The summed E-state index contributed by atoms with van der Waals surface area (Å²) in [6.45, 7) is 8.43. The van der Waals surface area contributed by atoms with Gasteiger partial charge in [-0.25, -0.2) is 4.79 Å². The quantitative estimate of drug-likeness (QED) is 0.773. The fraction of sp³-hybridized carbons (Fsp3) is 0.562. The molecule has 0 amide bonds. The second kappa shape index (κ2) is 5.28. The van der Waals surface area contributed by atoms with E-state index in [-0.39, 0.29) is 17.6 Å². The highest BCUT2D eigenvalue weighted by Crippen LogP contribution is 2.45. The number of halogens is 1. The van der Waals surface area contributed by atoms with Crippen LogP contribution in [0.4, 0.5) is 5.69 Å². The predicted octanol–water partition coefficient (Wildman–Crippen LogP) is 3.99. The summed E-state index contributed by atoms with van der Waals surface area (Å²) in [6.07, 6.45) is 0.974. The molecule has 0 saturated heterocycles. The van der Waals surface area contributed by atoms with E-state index in [4.69, 9.17) is 16.3 Å². The molecule has 1 heterocycles. The van der Waals surface area contributed by atoms with Crippen LogP contribution in [0.2, 0.25) is 5.02 Å². The zero-order valence-electron chi connectivity index (χ0n) is 12.7. The number of benzene rings is 1. The van der Waals surface area contributed by atoms with Crippen LogP contribution in [0, 0.1) is 0 Å². The lowest BCUT2D eigenvalue weighted by atomic mass is 9.79. The third kappa shape index (κ3) is 2.51. The van der Waals surface area contributed by atoms with Crippen LogP contribution in [-0.2, 0) is 9.53 Å². The summed E-state index contributed by atoms with van der Waals surface area (Å²) in [7, 11) is 1.43. The Balaban J connectivity index is 2.54. The van der Waals surface area contributed by atoms with Crippen molar-refractivity contribution in [3.63, 3.8) is 0 Å². The number of carbonyl (C=O) groups excluding carboxylic acids is 1. The highest BCUT2D eigenvalue weighted by atomic mass is 35.5. The zero-order valence-corrected chi connectivity index (χ0v) is 13.5. The summed E-state index contributed by atoms with van der Waals surface area (Å²) in [5.74, 6) is 0.202. The first-order valence-electron chi connectivity index (χ1n) is 6.94. The maximum atomic E-state index is 12.0. The van der Waals surface area contributed by atoms with Gasteiger partial charge in [0.2, 0.25) is 0 Å². The minimum Gasteiger partial charge on any atom is -0.467 e. The molecule has 20 heavy (non-hydrogen) atoms. The molecule has 0 spiro atoms. The summed E-state index contributed by atoms with van der Waals surface area (Å²) in [6, 6.07) is 5.58. The van der Waals surface area contributed by atoms with Crippen molar-refractivity contribution in [1.29, 1.82) is 0 Å². The Bertz CT molecular complexity index is 527. The molecule has 0 fully saturated rings. The van der Waals surface area contributed by atoms with Gasteiger partial charge in [0.1, 0.15) is 6.04 Å². The van der Waals surface area contributed by atoms with Gasteiger partial charge in [-0.15, -0.1) is 0 Å². The zero-order chi connectivity index (χ0) is 15.1. The van der Waals surface area contributed by atoms with E-state index in [2.05, 4.69) is 25.7 Å². The van der Waals surface area contributed by atoms with E-state index in [1.807, 2.05) is 25.1 Å². The third-order valence-corrected chi connectivity index (χ3v) is 4.40. The van der Waals surface area contributed by atoms with Crippen LogP contribution in [0.1, 0.15) is 45.6 Å². The molecule has 0 aromatic heterocycles. The molecule has 1 aliphatic rings. The van der Waals surface area contributed by atoms with Crippen molar-refractivity contribution in [2.24, 2.45) is 0 Å². The van der Waals surface area contributed by atoms with Crippen LogP contribution in [0.3, 0.4) is 0 Å². The van der Waals surface area contributed by atoms with Crippen LogP contribution in [0.5, 0.6) is 0 Å². The van der Waals surface area contributed by atoms with E-state index in [1.165, 1.54) is 12.7 Å². The second-order valence-corrected chi connectivity index (χ2v) is 6.63. The number of ether oxygens (including phenoxy) is 1. The maximum Gasteiger partial charge on any atom is 0.328 e. The monoisotopic (exact) mass is 295 g/mol. The van der Waals surface area contributed by atoms with Crippen molar-refractivity contribution in [2.75, 3.05) is 12.0 Å². The van der Waals surface area contributed by atoms with Crippen molar-refractivity contribution < 1.29 is 9.53 Å². The topological polar surface area (TPSA) is 29.5 Å². The first-order valence-corrected chi connectivity index (χ1v) is 7.32. The molecule has 3 nitrogen and oxygen atoms in total. The number of nitrogens with zero attached hydrogens (tertiary/aromatic N) is 1. The summed E-state index contributed by atoms with van der Waals surface area (Å²) < 4.78 is 4.92. The van der Waals surface area contributed by atoms with Crippen LogP contribution >= 0.6 is 11.6 Å². The van der Waals surface area contributed by atoms with Crippen LogP contribution in [0.25, 0.3) is 0 Å². The SMILES string of the molecule is COC(=O)[C@@H](C)N1c2ccc(Cl)cc2[C@H](C)CC1(C)C. The van der Waals surface area contributed by atoms with Gasteiger partial charge in [0.05, 0.1) is 7.11 Å². The summed E-state index contributed by atoms with van der Waals surface area (Å²) in [4.78, 5) is 14.1. The summed E-state index contributed by atoms with van der Waals surface area (Å²) in [5.41, 5.74) is 2.18. The molecule has 0 radical (unpaired) electrons. The summed E-state index contributed by atoms with van der Waals surface area (Å²) in [5, 5.41) is 0.737. The lowest BCUT2D eigenvalue weighted by Crippen LogP contribution is -2.55. The molecule has 2 rings (SSSR count). The normalized spacial score (nSPS) is 22.1. The smallest absolute Gasteiger partial charge is 0.328 e. The Morgan fingerprint density at radius 2 is 2.15 bits per heavy atom. The average molecular weight is 296 g/mol. The largest absolute Gasteiger partial charge is 0.467 e. The van der Waals surface area contributed by atoms with Crippen LogP contribution in [-0.4, -0.2) is 24.7 Å². The minimum absolute atomic E-state index is 0.103. The number of carbonyl (C=O) groups is 1. The first-order chi connectivity index (χ1) is 9.27. The van der Waals surface area contributed by atoms with E-state index in [1.54, 1.807) is 0 Å². The summed E-state index contributed by atoms with van der Waals surface area (Å²) >= 11 is 6.12. The van der Waals surface area contributed by atoms with E-state index >= 15 is 0 Å². The first kappa shape index (κ1) is 15.2. The number of anilines is 1. The fourth-order valence-corrected chi connectivity index (χ4v) is 3.61. The standard InChI is InChI=1S/C16H22ClNO2/c1-10-9-16(3,4)18(11(2)15(19)20-5)14-7-6-12(17)8-13(10)14/h6-8,10-11H,9H2,1-5H3/t10-,11-/m1/s1. The van der Waals surface area contributed by atoms with Crippen molar-refractivity contribution >= 4 is 23.3 Å². The van der Waals surface area contributed by atoms with E-state index in [9.17, 15) is 4.79 Å². The molecule has 1 aliphatic heterocycles. The number of methoxy groups -OCH3 is 1. The van der Waals surface area contributed by atoms with Crippen LogP contribution < -0.4 is 4.90 Å². The lowest BCUT2D eigenvalue weighted by molar-refractivity contribution is -0.142.